The minimum absolute atomic E-state index is 0. The minimum atomic E-state index is 0. The molecule has 0 saturated heterocycles. The zero-order chi connectivity index (χ0) is 16.5. The van der Waals surface area contributed by atoms with Crippen molar-refractivity contribution in [3.05, 3.63) is 36.4 Å². The highest BCUT2D eigenvalue weighted by Gasteiger charge is 2.02. The molecule has 0 spiro atoms. The maximum atomic E-state index is 9.40. The van der Waals surface area contributed by atoms with E-state index < -0.39 is 0 Å². The number of nitrogen functional groups attached to an aromatic ring is 4. The number of benzene rings is 2. The molecule has 2 rings (SSSR count). The molecule has 2 aromatic carbocycles. The van der Waals surface area contributed by atoms with Gasteiger partial charge in [-0.1, -0.05) is 19.6 Å². The molecule has 0 radical (unpaired) electrons. The van der Waals surface area contributed by atoms with Crippen molar-refractivity contribution in [1.29, 1.82) is 0 Å². The standard InChI is InChI=1S/C12H14N4.C4H6O2.CH4/c13-9-3-1-7(5-11(9)15)8-2-4-10(14)12(16)6-8;5-3-1-2-4-6;/h1-6H,13-16H2;3-4H,1-2H2;1H4. The summed E-state index contributed by atoms with van der Waals surface area (Å²) in [6, 6.07) is 11.0. The van der Waals surface area contributed by atoms with Gasteiger partial charge in [0.05, 0.1) is 22.7 Å². The summed E-state index contributed by atoms with van der Waals surface area (Å²) in [6.07, 6.45) is 2.19. The second-order valence-corrected chi connectivity index (χ2v) is 4.60. The Morgan fingerprint density at radius 1 is 0.652 bits per heavy atom. The van der Waals surface area contributed by atoms with Gasteiger partial charge in [-0.3, -0.25) is 0 Å². The van der Waals surface area contributed by atoms with E-state index in [1.165, 1.54) is 0 Å². The zero-order valence-electron chi connectivity index (χ0n) is 12.2. The lowest BCUT2D eigenvalue weighted by atomic mass is 10.0. The molecule has 0 bridgehead atoms. The number of anilines is 4. The third kappa shape index (κ3) is 6.09. The van der Waals surface area contributed by atoms with Crippen molar-refractivity contribution in [3.63, 3.8) is 0 Å². The number of carbonyl (C=O) groups is 2. The highest BCUT2D eigenvalue weighted by Crippen LogP contribution is 2.28. The van der Waals surface area contributed by atoms with Crippen LogP contribution in [-0.2, 0) is 9.59 Å². The summed E-state index contributed by atoms with van der Waals surface area (Å²) in [5, 5.41) is 0. The molecule has 0 heterocycles. The van der Waals surface area contributed by atoms with E-state index in [0.717, 1.165) is 23.7 Å². The Bertz CT molecular complexity index is 600. The number of aldehydes is 2. The number of rotatable bonds is 4. The summed E-state index contributed by atoms with van der Waals surface area (Å²) >= 11 is 0. The van der Waals surface area contributed by atoms with Crippen LogP contribution < -0.4 is 22.9 Å². The molecule has 0 atom stereocenters. The molecule has 0 aliphatic heterocycles. The first-order valence-electron chi connectivity index (χ1n) is 6.67. The first-order chi connectivity index (χ1) is 10.5. The fourth-order valence-corrected chi connectivity index (χ4v) is 1.64. The Morgan fingerprint density at radius 3 is 1.26 bits per heavy atom. The molecule has 0 saturated carbocycles. The van der Waals surface area contributed by atoms with E-state index in [-0.39, 0.29) is 7.43 Å². The van der Waals surface area contributed by atoms with Gasteiger partial charge >= 0.3 is 0 Å². The third-order valence-electron chi connectivity index (χ3n) is 2.91. The molecule has 0 amide bonds. The molecule has 0 aliphatic carbocycles. The number of hydrogen-bond donors (Lipinski definition) is 4. The molecule has 6 nitrogen and oxygen atoms in total. The average molecular weight is 316 g/mol. The van der Waals surface area contributed by atoms with E-state index in [9.17, 15) is 9.59 Å². The zero-order valence-corrected chi connectivity index (χ0v) is 12.2. The van der Waals surface area contributed by atoms with Gasteiger partial charge in [-0.15, -0.1) is 0 Å². The van der Waals surface area contributed by atoms with Crippen molar-refractivity contribution in [2.75, 3.05) is 22.9 Å². The molecule has 23 heavy (non-hydrogen) atoms. The molecule has 124 valence electrons. The second-order valence-electron chi connectivity index (χ2n) is 4.60. The highest BCUT2D eigenvalue weighted by molar-refractivity contribution is 5.78. The van der Waals surface area contributed by atoms with Crippen molar-refractivity contribution >= 4 is 35.3 Å². The maximum Gasteiger partial charge on any atom is 0.120 e. The SMILES string of the molecule is C.Nc1ccc(-c2ccc(N)c(N)c2)cc1N.O=CCCC=O. The molecule has 0 fully saturated rings. The van der Waals surface area contributed by atoms with Crippen LogP contribution in [0.5, 0.6) is 0 Å². The topological polar surface area (TPSA) is 138 Å². The predicted molar refractivity (Wildman–Crippen MR) is 97.6 cm³/mol. The van der Waals surface area contributed by atoms with Gasteiger partial charge in [0.15, 0.2) is 0 Å². The molecule has 2 aromatic rings. The summed E-state index contributed by atoms with van der Waals surface area (Å²) in [7, 11) is 0. The van der Waals surface area contributed by atoms with Crippen molar-refractivity contribution in [2.24, 2.45) is 0 Å². The van der Waals surface area contributed by atoms with E-state index in [2.05, 4.69) is 0 Å². The van der Waals surface area contributed by atoms with Crippen molar-refractivity contribution < 1.29 is 9.59 Å². The van der Waals surface area contributed by atoms with E-state index in [1.807, 2.05) is 24.3 Å². The van der Waals surface area contributed by atoms with E-state index in [4.69, 9.17) is 22.9 Å². The van der Waals surface area contributed by atoms with Crippen LogP contribution in [0.4, 0.5) is 22.7 Å². The lowest BCUT2D eigenvalue weighted by molar-refractivity contribution is -0.112. The van der Waals surface area contributed by atoms with Gasteiger partial charge in [-0.25, -0.2) is 0 Å². The molecule has 0 unspecified atom stereocenters. The van der Waals surface area contributed by atoms with Crippen LogP contribution in [0.3, 0.4) is 0 Å². The van der Waals surface area contributed by atoms with Crippen LogP contribution in [0.15, 0.2) is 36.4 Å². The Kier molecular flexibility index (Phi) is 8.54. The Morgan fingerprint density at radius 2 is 1.00 bits per heavy atom. The summed E-state index contributed by atoms with van der Waals surface area (Å²) in [5.41, 5.74) is 27.0. The lowest BCUT2D eigenvalue weighted by Crippen LogP contribution is -1.96. The van der Waals surface area contributed by atoms with Gasteiger partial charge < -0.3 is 32.5 Å². The fourth-order valence-electron chi connectivity index (χ4n) is 1.64. The van der Waals surface area contributed by atoms with Crippen LogP contribution in [0, 0.1) is 0 Å². The molecule has 0 aliphatic rings. The van der Waals surface area contributed by atoms with Gasteiger partial charge in [0.2, 0.25) is 0 Å². The van der Waals surface area contributed by atoms with Crippen LogP contribution >= 0.6 is 0 Å². The number of nitrogens with two attached hydrogens (primary N) is 4. The highest BCUT2D eigenvalue weighted by atomic mass is 16.1. The summed E-state index contributed by atoms with van der Waals surface area (Å²) in [6.45, 7) is 0. The van der Waals surface area contributed by atoms with Gasteiger partial charge in [-0.05, 0) is 35.4 Å². The van der Waals surface area contributed by atoms with Crippen LogP contribution in [-0.4, -0.2) is 12.6 Å². The number of unbranched alkanes of at least 4 members (excludes halogenated alkanes) is 1. The Hall–Kier alpha value is -3.02. The summed E-state index contributed by atoms with van der Waals surface area (Å²) in [5.74, 6) is 0. The first kappa shape index (κ1) is 20.0. The molecule has 8 N–H and O–H groups in total. The Balaban J connectivity index is 0.000000599. The fraction of sp³-hybridized carbons (Fsp3) is 0.176. The van der Waals surface area contributed by atoms with Crippen LogP contribution in [0.2, 0.25) is 0 Å². The van der Waals surface area contributed by atoms with Crippen LogP contribution in [0.1, 0.15) is 20.3 Å². The molecular formula is C17H24N4O2. The summed E-state index contributed by atoms with van der Waals surface area (Å²) < 4.78 is 0. The molecule has 0 aromatic heterocycles. The van der Waals surface area contributed by atoms with E-state index in [0.29, 0.717) is 35.6 Å². The second kappa shape index (κ2) is 9.83. The van der Waals surface area contributed by atoms with Gasteiger partial charge in [0.1, 0.15) is 12.6 Å². The van der Waals surface area contributed by atoms with Crippen molar-refractivity contribution in [2.45, 2.75) is 20.3 Å². The van der Waals surface area contributed by atoms with Crippen molar-refractivity contribution in [1.82, 2.24) is 0 Å². The largest absolute Gasteiger partial charge is 0.397 e. The average Bonchev–Trinajstić information content (AvgIpc) is 2.51. The molecular weight excluding hydrogens is 292 g/mol. The maximum absolute atomic E-state index is 9.40. The van der Waals surface area contributed by atoms with Gasteiger partial charge in [0, 0.05) is 12.8 Å². The van der Waals surface area contributed by atoms with Gasteiger partial charge in [-0.2, -0.15) is 0 Å². The monoisotopic (exact) mass is 316 g/mol. The Labute approximate surface area is 136 Å². The minimum Gasteiger partial charge on any atom is -0.397 e. The smallest absolute Gasteiger partial charge is 0.120 e. The van der Waals surface area contributed by atoms with Gasteiger partial charge in [0.25, 0.3) is 0 Å². The quantitative estimate of drug-likeness (QED) is 0.388. The number of carbonyl (C=O) groups excluding carboxylic acids is 2. The normalized spacial score (nSPS) is 9.04. The lowest BCUT2D eigenvalue weighted by Gasteiger charge is -2.07. The summed E-state index contributed by atoms with van der Waals surface area (Å²) in [4.78, 5) is 18.8. The number of hydrogen-bond acceptors (Lipinski definition) is 6. The predicted octanol–water partition coefficient (Wildman–Crippen LogP) is 2.48. The van der Waals surface area contributed by atoms with Crippen molar-refractivity contribution in [3.8, 4) is 11.1 Å². The first-order valence-corrected chi connectivity index (χ1v) is 6.67. The third-order valence-corrected chi connectivity index (χ3v) is 2.91. The van der Waals surface area contributed by atoms with E-state index in [1.54, 1.807) is 12.1 Å². The van der Waals surface area contributed by atoms with E-state index >= 15 is 0 Å². The van der Waals surface area contributed by atoms with Crippen LogP contribution in [0.25, 0.3) is 11.1 Å². The molecule has 6 heteroatoms.